The van der Waals surface area contributed by atoms with Gasteiger partial charge in [0.15, 0.2) is 0 Å². The molecule has 0 atom stereocenters. The quantitative estimate of drug-likeness (QED) is 0.866. The Kier molecular flexibility index (Phi) is 3.84. The topological polar surface area (TPSA) is 72.0 Å². The standard InChI is InChI=1S/C10H7BrClN3O2S/c11-9-5-8(6-14-10(9)12)18(16,17)15-7-1-3-13-4-2-7/h1-6H,(H,13,15). The molecular weight excluding hydrogens is 342 g/mol. The van der Waals surface area contributed by atoms with Crippen molar-refractivity contribution < 1.29 is 8.42 Å². The van der Waals surface area contributed by atoms with E-state index in [-0.39, 0.29) is 10.0 Å². The number of nitrogens with one attached hydrogen (secondary N) is 1. The zero-order valence-corrected chi connectivity index (χ0v) is 12.0. The van der Waals surface area contributed by atoms with Crippen LogP contribution in [-0.4, -0.2) is 18.4 Å². The lowest BCUT2D eigenvalue weighted by Gasteiger charge is -2.07. The predicted octanol–water partition coefficient (Wildman–Crippen LogP) is 2.69. The van der Waals surface area contributed by atoms with E-state index in [0.717, 1.165) is 0 Å². The zero-order chi connectivity index (χ0) is 13.2. The van der Waals surface area contributed by atoms with Gasteiger partial charge in [-0.15, -0.1) is 0 Å². The maximum Gasteiger partial charge on any atom is 0.263 e. The summed E-state index contributed by atoms with van der Waals surface area (Å²) in [5.41, 5.74) is 0.427. The second kappa shape index (κ2) is 5.21. The molecule has 8 heteroatoms. The predicted molar refractivity (Wildman–Crippen MR) is 72.0 cm³/mol. The van der Waals surface area contributed by atoms with Crippen molar-refractivity contribution in [2.75, 3.05) is 4.72 Å². The molecule has 0 radical (unpaired) electrons. The third kappa shape index (κ3) is 2.98. The second-order valence-electron chi connectivity index (χ2n) is 3.29. The van der Waals surface area contributed by atoms with Crippen LogP contribution in [0, 0.1) is 0 Å². The van der Waals surface area contributed by atoms with Crippen molar-refractivity contribution in [3.05, 3.63) is 46.4 Å². The minimum atomic E-state index is -3.68. The fourth-order valence-electron chi connectivity index (χ4n) is 1.18. The molecule has 5 nitrogen and oxygen atoms in total. The minimum Gasteiger partial charge on any atom is -0.279 e. The molecule has 0 fully saturated rings. The number of anilines is 1. The number of pyridine rings is 2. The van der Waals surface area contributed by atoms with Crippen LogP contribution in [0.4, 0.5) is 5.69 Å². The number of hydrogen-bond acceptors (Lipinski definition) is 4. The number of hydrogen-bond donors (Lipinski definition) is 1. The van der Waals surface area contributed by atoms with Crippen molar-refractivity contribution in [2.45, 2.75) is 4.90 Å². The summed E-state index contributed by atoms with van der Waals surface area (Å²) in [5, 5.41) is 0.206. The first-order chi connectivity index (χ1) is 8.49. The number of nitrogens with zero attached hydrogens (tertiary/aromatic N) is 2. The molecule has 2 aromatic heterocycles. The summed E-state index contributed by atoms with van der Waals surface area (Å²) in [6, 6.07) is 4.49. The van der Waals surface area contributed by atoms with Crippen LogP contribution < -0.4 is 4.72 Å². The molecule has 0 aromatic carbocycles. The van der Waals surface area contributed by atoms with E-state index < -0.39 is 10.0 Å². The monoisotopic (exact) mass is 347 g/mol. The Morgan fingerprint density at radius 1 is 1.28 bits per heavy atom. The van der Waals surface area contributed by atoms with Gasteiger partial charge in [-0.1, -0.05) is 11.6 Å². The highest BCUT2D eigenvalue weighted by Gasteiger charge is 2.16. The van der Waals surface area contributed by atoms with E-state index in [0.29, 0.717) is 10.2 Å². The molecule has 0 saturated carbocycles. The molecule has 0 bridgehead atoms. The molecule has 2 aromatic rings. The Morgan fingerprint density at radius 2 is 1.94 bits per heavy atom. The summed E-state index contributed by atoms with van der Waals surface area (Å²) >= 11 is 8.84. The average Bonchev–Trinajstić information content (AvgIpc) is 2.33. The molecule has 0 aliphatic carbocycles. The third-order valence-electron chi connectivity index (χ3n) is 2.01. The highest BCUT2D eigenvalue weighted by Crippen LogP contribution is 2.23. The number of sulfonamides is 1. The summed E-state index contributed by atoms with van der Waals surface area (Å²) in [7, 11) is -3.68. The van der Waals surface area contributed by atoms with Crippen LogP contribution in [0.5, 0.6) is 0 Å². The second-order valence-corrected chi connectivity index (χ2v) is 6.18. The van der Waals surface area contributed by atoms with Gasteiger partial charge in [0, 0.05) is 18.6 Å². The lowest BCUT2D eigenvalue weighted by atomic mass is 10.4. The van der Waals surface area contributed by atoms with Gasteiger partial charge >= 0.3 is 0 Å². The Labute approximate surface area is 117 Å². The van der Waals surface area contributed by atoms with Crippen molar-refractivity contribution in [3.63, 3.8) is 0 Å². The van der Waals surface area contributed by atoms with Gasteiger partial charge in [0.1, 0.15) is 10.0 Å². The van der Waals surface area contributed by atoms with Crippen LogP contribution in [0.15, 0.2) is 46.2 Å². The first-order valence-electron chi connectivity index (χ1n) is 4.73. The summed E-state index contributed by atoms with van der Waals surface area (Å²) in [4.78, 5) is 7.60. The van der Waals surface area contributed by atoms with Gasteiger partial charge in [0.2, 0.25) is 0 Å². The third-order valence-corrected chi connectivity index (χ3v) is 4.50. The fourth-order valence-corrected chi connectivity index (χ4v) is 2.82. The molecule has 2 heterocycles. The van der Waals surface area contributed by atoms with Crippen LogP contribution >= 0.6 is 27.5 Å². The van der Waals surface area contributed by atoms with E-state index in [9.17, 15) is 8.42 Å². The Morgan fingerprint density at radius 3 is 2.56 bits per heavy atom. The normalized spacial score (nSPS) is 11.2. The SMILES string of the molecule is O=S(=O)(Nc1ccncc1)c1cnc(Cl)c(Br)c1. The van der Waals surface area contributed by atoms with Crippen LogP contribution in [0.3, 0.4) is 0 Å². The van der Waals surface area contributed by atoms with Gasteiger partial charge in [0.05, 0.1) is 10.2 Å². The summed E-state index contributed by atoms with van der Waals surface area (Å²) in [6.07, 6.45) is 4.18. The summed E-state index contributed by atoms with van der Waals surface area (Å²) in [6.45, 7) is 0. The Hall–Kier alpha value is -1.18. The highest BCUT2D eigenvalue weighted by atomic mass is 79.9. The molecule has 18 heavy (non-hydrogen) atoms. The van der Waals surface area contributed by atoms with E-state index in [2.05, 4.69) is 30.6 Å². The Balaban J connectivity index is 2.34. The van der Waals surface area contributed by atoms with Crippen molar-refractivity contribution in [3.8, 4) is 0 Å². The molecule has 0 aliphatic rings. The van der Waals surface area contributed by atoms with Gasteiger partial charge in [-0.3, -0.25) is 9.71 Å². The maximum atomic E-state index is 12.0. The smallest absolute Gasteiger partial charge is 0.263 e. The first-order valence-corrected chi connectivity index (χ1v) is 7.38. The molecule has 0 saturated heterocycles. The molecule has 0 amide bonds. The van der Waals surface area contributed by atoms with Gasteiger partial charge in [-0.25, -0.2) is 13.4 Å². The first kappa shape index (κ1) is 13.3. The average molecular weight is 349 g/mol. The molecule has 0 spiro atoms. The molecule has 0 aliphatic heterocycles. The number of halogens is 2. The maximum absolute atomic E-state index is 12.0. The lowest BCUT2D eigenvalue weighted by Crippen LogP contribution is -2.13. The van der Waals surface area contributed by atoms with E-state index in [4.69, 9.17) is 11.6 Å². The van der Waals surface area contributed by atoms with Gasteiger partial charge in [-0.2, -0.15) is 0 Å². The van der Waals surface area contributed by atoms with E-state index in [1.165, 1.54) is 24.7 Å². The highest BCUT2D eigenvalue weighted by molar-refractivity contribution is 9.10. The zero-order valence-electron chi connectivity index (χ0n) is 8.84. The van der Waals surface area contributed by atoms with Crippen molar-refractivity contribution >= 4 is 43.2 Å². The van der Waals surface area contributed by atoms with Crippen LogP contribution in [0.2, 0.25) is 5.15 Å². The van der Waals surface area contributed by atoms with Crippen LogP contribution in [0.25, 0.3) is 0 Å². The minimum absolute atomic E-state index is 0.0237. The summed E-state index contributed by atoms with van der Waals surface area (Å²) < 4.78 is 26.9. The van der Waals surface area contributed by atoms with E-state index in [1.807, 2.05) is 0 Å². The number of rotatable bonds is 3. The molecule has 2 rings (SSSR count). The molecule has 1 N–H and O–H groups in total. The van der Waals surface area contributed by atoms with E-state index in [1.54, 1.807) is 12.1 Å². The van der Waals surface area contributed by atoms with Gasteiger partial charge < -0.3 is 0 Å². The largest absolute Gasteiger partial charge is 0.279 e. The van der Waals surface area contributed by atoms with Gasteiger partial charge in [-0.05, 0) is 34.1 Å². The Bertz CT molecular complexity index is 664. The van der Waals surface area contributed by atoms with Crippen molar-refractivity contribution in [1.82, 2.24) is 9.97 Å². The lowest BCUT2D eigenvalue weighted by molar-refractivity contribution is 0.600. The molecule has 0 unspecified atom stereocenters. The van der Waals surface area contributed by atoms with Crippen molar-refractivity contribution in [2.24, 2.45) is 0 Å². The number of aromatic nitrogens is 2. The van der Waals surface area contributed by atoms with Crippen LogP contribution in [-0.2, 0) is 10.0 Å². The molecular formula is C10H7BrClN3O2S. The van der Waals surface area contributed by atoms with E-state index >= 15 is 0 Å². The van der Waals surface area contributed by atoms with Crippen molar-refractivity contribution in [1.29, 1.82) is 0 Å². The molecule has 94 valence electrons. The fraction of sp³-hybridized carbons (Fsp3) is 0. The summed E-state index contributed by atoms with van der Waals surface area (Å²) in [5.74, 6) is 0. The van der Waals surface area contributed by atoms with Gasteiger partial charge in [0.25, 0.3) is 10.0 Å². The van der Waals surface area contributed by atoms with Crippen LogP contribution in [0.1, 0.15) is 0 Å².